The van der Waals surface area contributed by atoms with E-state index in [1.807, 2.05) is 42.5 Å². The van der Waals surface area contributed by atoms with Crippen molar-refractivity contribution in [3.63, 3.8) is 0 Å². The lowest BCUT2D eigenvalue weighted by Crippen LogP contribution is -2.44. The van der Waals surface area contributed by atoms with Crippen molar-refractivity contribution >= 4 is 62.7 Å². The van der Waals surface area contributed by atoms with Gasteiger partial charge >= 0.3 is 0 Å². The smallest absolute Gasteiger partial charge is 0.267 e. The largest absolute Gasteiger partial charge is 0.285 e. The van der Waals surface area contributed by atoms with Crippen molar-refractivity contribution in [3.05, 3.63) is 92.9 Å². The second-order valence-corrected chi connectivity index (χ2v) is 8.01. The van der Waals surface area contributed by atoms with Crippen LogP contribution < -0.4 is 5.43 Å². The Labute approximate surface area is 180 Å². The highest BCUT2D eigenvalue weighted by Gasteiger charge is 2.34. The van der Waals surface area contributed by atoms with Crippen LogP contribution >= 0.6 is 24.0 Å². The molecule has 0 saturated carbocycles. The Hall–Kier alpha value is -3.56. The lowest BCUT2D eigenvalue weighted by Gasteiger charge is -2.15. The first-order valence-corrected chi connectivity index (χ1v) is 9.98. The molecule has 0 radical (unpaired) electrons. The standard InChI is InChI=1S/C21H13N3O4S2/c25-19(14-8-10-16(11-9-14)24(27)28)22-23-20(26)18(30-21(23)29)12-15-6-3-5-13-4-1-2-7-17(13)15/h1-12H,(H,22,25)/b18-12-. The summed E-state index contributed by atoms with van der Waals surface area (Å²) in [7, 11) is 0. The third-order valence-corrected chi connectivity index (χ3v) is 5.76. The Bertz CT molecular complexity index is 1230. The monoisotopic (exact) mass is 435 g/mol. The van der Waals surface area contributed by atoms with Crippen LogP contribution in [0.4, 0.5) is 5.69 Å². The van der Waals surface area contributed by atoms with Crippen molar-refractivity contribution in [2.45, 2.75) is 0 Å². The second-order valence-electron chi connectivity index (χ2n) is 6.33. The van der Waals surface area contributed by atoms with E-state index < -0.39 is 16.7 Å². The topological polar surface area (TPSA) is 92.6 Å². The molecule has 0 spiro atoms. The number of carbonyl (C=O) groups is 2. The van der Waals surface area contributed by atoms with E-state index >= 15 is 0 Å². The summed E-state index contributed by atoms with van der Waals surface area (Å²) < 4.78 is 0.196. The quantitative estimate of drug-likeness (QED) is 0.284. The van der Waals surface area contributed by atoms with Crippen molar-refractivity contribution in [1.82, 2.24) is 10.4 Å². The van der Waals surface area contributed by atoms with Crippen LogP contribution in [-0.2, 0) is 4.79 Å². The summed E-state index contributed by atoms with van der Waals surface area (Å²) in [5.41, 5.74) is 3.38. The predicted molar refractivity (Wildman–Crippen MR) is 120 cm³/mol. The summed E-state index contributed by atoms with van der Waals surface area (Å²) in [6.07, 6.45) is 1.75. The van der Waals surface area contributed by atoms with Gasteiger partial charge in [0.2, 0.25) is 0 Å². The molecule has 9 heteroatoms. The molecule has 0 unspecified atom stereocenters. The molecule has 1 heterocycles. The Kier molecular flexibility index (Phi) is 5.30. The molecular formula is C21H13N3O4S2. The van der Waals surface area contributed by atoms with Crippen molar-refractivity contribution in [3.8, 4) is 0 Å². The number of fused-ring (bicyclic) bond motifs is 1. The Balaban J connectivity index is 1.56. The maximum Gasteiger partial charge on any atom is 0.285 e. The average Bonchev–Trinajstić information content (AvgIpc) is 3.01. The number of carbonyl (C=O) groups excluding carboxylic acids is 2. The molecule has 1 saturated heterocycles. The molecule has 0 aliphatic carbocycles. The Morgan fingerprint density at radius 1 is 1.07 bits per heavy atom. The summed E-state index contributed by atoms with van der Waals surface area (Å²) in [5, 5.41) is 13.8. The summed E-state index contributed by atoms with van der Waals surface area (Å²) >= 11 is 6.35. The molecule has 1 aliphatic heterocycles. The van der Waals surface area contributed by atoms with Crippen molar-refractivity contribution < 1.29 is 14.5 Å². The number of non-ortho nitro benzene ring substituents is 1. The lowest BCUT2D eigenvalue weighted by molar-refractivity contribution is -0.384. The van der Waals surface area contributed by atoms with Gasteiger partial charge in [0.25, 0.3) is 17.5 Å². The molecule has 30 heavy (non-hydrogen) atoms. The third kappa shape index (κ3) is 3.80. The van der Waals surface area contributed by atoms with Crippen molar-refractivity contribution in [1.29, 1.82) is 0 Å². The number of hydrogen-bond acceptors (Lipinski definition) is 6. The van der Waals surface area contributed by atoms with E-state index in [0.717, 1.165) is 33.1 Å². The number of thiocarbonyl (C=S) groups is 1. The molecule has 0 aromatic heterocycles. The number of hydrazine groups is 1. The van der Waals surface area contributed by atoms with E-state index in [-0.39, 0.29) is 15.6 Å². The maximum atomic E-state index is 12.8. The Morgan fingerprint density at radius 2 is 1.77 bits per heavy atom. The van der Waals surface area contributed by atoms with Crippen LogP contribution in [0.15, 0.2) is 71.6 Å². The van der Waals surface area contributed by atoms with Gasteiger partial charge in [0.1, 0.15) is 0 Å². The number of thioether (sulfide) groups is 1. The van der Waals surface area contributed by atoms with Gasteiger partial charge in [-0.25, -0.2) is 0 Å². The summed E-state index contributed by atoms with van der Waals surface area (Å²) in [5.74, 6) is -1.03. The van der Waals surface area contributed by atoms with E-state index in [9.17, 15) is 19.7 Å². The molecule has 1 N–H and O–H groups in total. The van der Waals surface area contributed by atoms with Gasteiger partial charge in [0, 0.05) is 17.7 Å². The van der Waals surface area contributed by atoms with Gasteiger partial charge in [-0.15, -0.1) is 0 Å². The maximum absolute atomic E-state index is 12.8. The minimum absolute atomic E-state index is 0.129. The average molecular weight is 435 g/mol. The van der Waals surface area contributed by atoms with Gasteiger partial charge in [-0.3, -0.25) is 25.1 Å². The zero-order valence-corrected chi connectivity index (χ0v) is 16.9. The molecule has 0 bridgehead atoms. The highest BCUT2D eigenvalue weighted by Crippen LogP contribution is 2.33. The normalized spacial score (nSPS) is 15.1. The number of nitrogens with one attached hydrogen (secondary N) is 1. The van der Waals surface area contributed by atoms with Crippen LogP contribution in [0, 0.1) is 10.1 Å². The first-order chi connectivity index (χ1) is 14.4. The number of hydrogen-bond donors (Lipinski definition) is 1. The molecule has 1 fully saturated rings. The fourth-order valence-corrected chi connectivity index (χ4v) is 4.15. The van der Waals surface area contributed by atoms with Crippen LogP contribution in [0.2, 0.25) is 0 Å². The van der Waals surface area contributed by atoms with Crippen molar-refractivity contribution in [2.24, 2.45) is 0 Å². The van der Waals surface area contributed by atoms with E-state index in [2.05, 4.69) is 5.43 Å². The highest BCUT2D eigenvalue weighted by molar-refractivity contribution is 8.26. The first-order valence-electron chi connectivity index (χ1n) is 8.75. The fourth-order valence-electron chi connectivity index (χ4n) is 2.98. The van der Waals surface area contributed by atoms with Gasteiger partial charge in [-0.05, 0) is 46.8 Å². The number of nitro benzene ring substituents is 1. The van der Waals surface area contributed by atoms with E-state index in [4.69, 9.17) is 12.2 Å². The molecule has 3 aromatic rings. The minimum atomic E-state index is -0.590. The van der Waals surface area contributed by atoms with Gasteiger partial charge in [-0.2, -0.15) is 5.01 Å². The summed E-state index contributed by atoms with van der Waals surface area (Å²) in [6, 6.07) is 18.7. The minimum Gasteiger partial charge on any atom is -0.267 e. The van der Waals surface area contributed by atoms with E-state index in [1.54, 1.807) is 6.08 Å². The van der Waals surface area contributed by atoms with Gasteiger partial charge in [0.05, 0.1) is 9.83 Å². The number of nitrogens with zero attached hydrogens (tertiary/aromatic N) is 2. The molecule has 2 amide bonds. The lowest BCUT2D eigenvalue weighted by atomic mass is 10.0. The van der Waals surface area contributed by atoms with Gasteiger partial charge < -0.3 is 0 Å². The first kappa shape index (κ1) is 19.7. The number of nitro groups is 1. The summed E-state index contributed by atoms with van der Waals surface area (Å²) in [4.78, 5) is 35.8. The van der Waals surface area contributed by atoms with E-state index in [0.29, 0.717) is 4.91 Å². The van der Waals surface area contributed by atoms with Crippen molar-refractivity contribution in [2.75, 3.05) is 0 Å². The van der Waals surface area contributed by atoms with Crippen LogP contribution in [0.3, 0.4) is 0 Å². The number of amides is 2. The van der Waals surface area contributed by atoms with Crippen LogP contribution in [0.1, 0.15) is 15.9 Å². The van der Waals surface area contributed by atoms with Crippen LogP contribution in [0.5, 0.6) is 0 Å². The molecular weight excluding hydrogens is 422 g/mol. The number of benzene rings is 3. The van der Waals surface area contributed by atoms with E-state index in [1.165, 1.54) is 24.3 Å². The van der Waals surface area contributed by atoms with Gasteiger partial charge in [0.15, 0.2) is 4.32 Å². The zero-order chi connectivity index (χ0) is 21.3. The molecule has 7 nitrogen and oxygen atoms in total. The SMILES string of the molecule is O=C(NN1C(=O)/C(=C/c2cccc3ccccc23)SC1=S)c1ccc([N+](=O)[O-])cc1. The number of rotatable bonds is 4. The summed E-state index contributed by atoms with van der Waals surface area (Å²) in [6.45, 7) is 0. The highest BCUT2D eigenvalue weighted by atomic mass is 32.2. The second kappa shape index (κ2) is 8.05. The van der Waals surface area contributed by atoms with Crippen LogP contribution in [0.25, 0.3) is 16.8 Å². The fraction of sp³-hybridized carbons (Fsp3) is 0. The van der Waals surface area contributed by atoms with Gasteiger partial charge in [-0.1, -0.05) is 54.2 Å². The predicted octanol–water partition coefficient (Wildman–Crippen LogP) is 4.29. The van der Waals surface area contributed by atoms with Crippen LogP contribution in [-0.4, -0.2) is 26.1 Å². The molecule has 3 aromatic carbocycles. The Morgan fingerprint density at radius 3 is 2.50 bits per heavy atom. The molecule has 0 atom stereocenters. The molecule has 1 aliphatic rings. The molecule has 148 valence electrons. The zero-order valence-electron chi connectivity index (χ0n) is 15.3. The third-order valence-electron chi connectivity index (χ3n) is 4.46. The molecule has 4 rings (SSSR count).